The minimum atomic E-state index is -0.0863. The number of imidazole rings is 1. The molecular formula is C25H38N6O2S. The number of aryl methyl sites for hydroxylation is 1. The van der Waals surface area contributed by atoms with Crippen LogP contribution in [0, 0.1) is 6.92 Å². The molecule has 0 aromatic carbocycles. The molecule has 0 spiro atoms. The number of fused-ring (bicyclic) bond motifs is 1. The number of carbonyl (C=O) groups is 2. The van der Waals surface area contributed by atoms with Crippen LogP contribution in [0.4, 0.5) is 0 Å². The molecule has 3 heterocycles. The van der Waals surface area contributed by atoms with Crippen LogP contribution < -0.4 is 5.32 Å². The van der Waals surface area contributed by atoms with E-state index in [1.807, 2.05) is 17.2 Å². The van der Waals surface area contributed by atoms with Crippen molar-refractivity contribution < 1.29 is 9.59 Å². The fourth-order valence-corrected chi connectivity index (χ4v) is 5.30. The summed E-state index contributed by atoms with van der Waals surface area (Å²) in [5, 5.41) is 5.98. The van der Waals surface area contributed by atoms with E-state index in [9.17, 15) is 9.59 Å². The minimum absolute atomic E-state index is 0.0384. The molecule has 1 N–H and O–H groups in total. The van der Waals surface area contributed by atoms with Crippen LogP contribution in [0.3, 0.4) is 0 Å². The van der Waals surface area contributed by atoms with Crippen LogP contribution in [0.2, 0.25) is 0 Å². The van der Waals surface area contributed by atoms with Crippen LogP contribution in [-0.4, -0.2) is 56.3 Å². The molecule has 34 heavy (non-hydrogen) atoms. The third-order valence-electron chi connectivity index (χ3n) is 6.68. The van der Waals surface area contributed by atoms with E-state index in [2.05, 4.69) is 47.2 Å². The summed E-state index contributed by atoms with van der Waals surface area (Å²) in [6, 6.07) is 0.182. The Morgan fingerprint density at radius 1 is 1.35 bits per heavy atom. The Labute approximate surface area is 207 Å². The molecule has 2 unspecified atom stereocenters. The standard InChI is InChI=1S/C25H38N6O2S/c1-7-20(31-18(4)27-22-16-30(19(5)32)13-10-23(22)31)15-17(3)29(6)12-9-21(28-24(33)8-2)25-26-11-14-34-25/h11,14,20-21H,3,7-10,12-13,15-16H2,1-2,4-6H3,(H,28,33). The van der Waals surface area contributed by atoms with Gasteiger partial charge < -0.3 is 19.7 Å². The highest BCUT2D eigenvalue weighted by molar-refractivity contribution is 7.09. The number of aromatic nitrogens is 3. The van der Waals surface area contributed by atoms with Gasteiger partial charge in [0.2, 0.25) is 11.8 Å². The Kier molecular flexibility index (Phi) is 8.88. The van der Waals surface area contributed by atoms with Crippen LogP contribution >= 0.6 is 11.3 Å². The van der Waals surface area contributed by atoms with Gasteiger partial charge in [0.25, 0.3) is 0 Å². The Bertz CT molecular complexity index is 999. The van der Waals surface area contributed by atoms with E-state index in [1.54, 1.807) is 24.5 Å². The van der Waals surface area contributed by atoms with Gasteiger partial charge in [0.15, 0.2) is 0 Å². The number of carbonyl (C=O) groups excluding carboxylic acids is 2. The quantitative estimate of drug-likeness (QED) is 0.519. The summed E-state index contributed by atoms with van der Waals surface area (Å²) in [5.41, 5.74) is 3.34. The van der Waals surface area contributed by atoms with Crippen molar-refractivity contribution in [1.82, 2.24) is 29.7 Å². The number of amides is 2. The molecule has 2 aromatic heterocycles. The van der Waals surface area contributed by atoms with Crippen molar-refractivity contribution in [2.24, 2.45) is 0 Å². The fourth-order valence-electron chi connectivity index (χ4n) is 4.58. The first-order valence-corrected chi connectivity index (χ1v) is 13.0. The van der Waals surface area contributed by atoms with Crippen LogP contribution in [0.5, 0.6) is 0 Å². The van der Waals surface area contributed by atoms with Crippen LogP contribution in [0.1, 0.15) is 80.8 Å². The zero-order valence-electron chi connectivity index (χ0n) is 21.1. The van der Waals surface area contributed by atoms with Crippen molar-refractivity contribution in [3.8, 4) is 0 Å². The summed E-state index contributed by atoms with van der Waals surface area (Å²) in [6.45, 7) is 14.2. The van der Waals surface area contributed by atoms with E-state index in [0.717, 1.165) is 61.0 Å². The van der Waals surface area contributed by atoms with Crippen molar-refractivity contribution >= 4 is 23.2 Å². The molecule has 0 bridgehead atoms. The van der Waals surface area contributed by atoms with Crippen molar-refractivity contribution in [2.75, 3.05) is 20.1 Å². The number of allylic oxidation sites excluding steroid dienone is 1. The Morgan fingerprint density at radius 2 is 2.12 bits per heavy atom. The zero-order chi connectivity index (χ0) is 24.8. The first-order valence-electron chi connectivity index (χ1n) is 12.1. The smallest absolute Gasteiger partial charge is 0.220 e. The van der Waals surface area contributed by atoms with Gasteiger partial charge in [0, 0.05) is 75.3 Å². The molecule has 9 heteroatoms. The lowest BCUT2D eigenvalue weighted by molar-refractivity contribution is -0.129. The number of hydrogen-bond donors (Lipinski definition) is 1. The van der Waals surface area contributed by atoms with Crippen molar-refractivity contribution in [1.29, 1.82) is 0 Å². The number of rotatable bonds is 11. The highest BCUT2D eigenvalue weighted by Crippen LogP contribution is 2.30. The van der Waals surface area contributed by atoms with Gasteiger partial charge in [0.1, 0.15) is 10.8 Å². The zero-order valence-corrected chi connectivity index (χ0v) is 22.0. The highest BCUT2D eigenvalue weighted by Gasteiger charge is 2.27. The van der Waals surface area contributed by atoms with Gasteiger partial charge in [-0.1, -0.05) is 20.4 Å². The number of thiazole rings is 1. The number of hydrogen-bond acceptors (Lipinski definition) is 6. The maximum atomic E-state index is 12.0. The molecule has 1 aliphatic heterocycles. The molecule has 2 atom stereocenters. The van der Waals surface area contributed by atoms with Crippen LogP contribution in [0.25, 0.3) is 0 Å². The van der Waals surface area contributed by atoms with Gasteiger partial charge in [-0.25, -0.2) is 9.97 Å². The molecule has 0 saturated carbocycles. The summed E-state index contributed by atoms with van der Waals surface area (Å²) in [7, 11) is 2.07. The van der Waals surface area contributed by atoms with Crippen molar-refractivity contribution in [3.63, 3.8) is 0 Å². The molecule has 3 rings (SSSR count). The maximum absolute atomic E-state index is 12.0. The predicted molar refractivity (Wildman–Crippen MR) is 135 cm³/mol. The summed E-state index contributed by atoms with van der Waals surface area (Å²) in [6.07, 6.45) is 5.65. The lowest BCUT2D eigenvalue weighted by atomic mass is 10.1. The lowest BCUT2D eigenvalue weighted by Crippen LogP contribution is -2.35. The van der Waals surface area contributed by atoms with E-state index < -0.39 is 0 Å². The van der Waals surface area contributed by atoms with Gasteiger partial charge >= 0.3 is 0 Å². The Hall–Kier alpha value is -2.68. The molecule has 2 aromatic rings. The second-order valence-electron chi connectivity index (χ2n) is 9.00. The topological polar surface area (TPSA) is 83.4 Å². The van der Waals surface area contributed by atoms with Crippen LogP contribution in [-0.2, 0) is 22.6 Å². The molecule has 0 saturated heterocycles. The maximum Gasteiger partial charge on any atom is 0.220 e. The minimum Gasteiger partial charge on any atom is -0.378 e. The van der Waals surface area contributed by atoms with Crippen molar-refractivity contribution in [2.45, 2.75) is 78.4 Å². The Balaban J connectivity index is 1.65. The van der Waals surface area contributed by atoms with Gasteiger partial charge in [-0.2, -0.15) is 0 Å². The lowest BCUT2D eigenvalue weighted by Gasteiger charge is -2.30. The molecule has 8 nitrogen and oxygen atoms in total. The van der Waals surface area contributed by atoms with Crippen LogP contribution in [0.15, 0.2) is 23.9 Å². The number of nitrogens with one attached hydrogen (secondary N) is 1. The third kappa shape index (κ3) is 6.05. The average Bonchev–Trinajstić information content (AvgIpc) is 3.46. The summed E-state index contributed by atoms with van der Waals surface area (Å²) in [4.78, 5) is 37.1. The van der Waals surface area contributed by atoms with Gasteiger partial charge in [-0.3, -0.25) is 9.59 Å². The molecule has 2 amide bonds. The van der Waals surface area contributed by atoms with E-state index in [1.165, 1.54) is 5.69 Å². The van der Waals surface area contributed by atoms with E-state index in [4.69, 9.17) is 4.98 Å². The molecule has 1 aliphatic rings. The van der Waals surface area contributed by atoms with E-state index in [-0.39, 0.29) is 23.9 Å². The highest BCUT2D eigenvalue weighted by atomic mass is 32.1. The summed E-state index contributed by atoms with van der Waals surface area (Å²) >= 11 is 1.57. The fraction of sp³-hybridized carbons (Fsp3) is 0.600. The van der Waals surface area contributed by atoms with Gasteiger partial charge in [-0.05, 0) is 19.8 Å². The largest absolute Gasteiger partial charge is 0.378 e. The van der Waals surface area contributed by atoms with Crippen molar-refractivity contribution in [3.05, 3.63) is 46.1 Å². The monoisotopic (exact) mass is 486 g/mol. The van der Waals surface area contributed by atoms with E-state index >= 15 is 0 Å². The second kappa shape index (κ2) is 11.6. The normalized spacial score (nSPS) is 14.9. The summed E-state index contributed by atoms with van der Waals surface area (Å²) in [5.74, 6) is 1.14. The molecule has 0 radical (unpaired) electrons. The predicted octanol–water partition coefficient (Wildman–Crippen LogP) is 4.00. The molecule has 0 fully saturated rings. The molecule has 186 valence electrons. The average molecular weight is 487 g/mol. The first-order chi connectivity index (χ1) is 16.2. The number of nitrogens with zero attached hydrogens (tertiary/aromatic N) is 5. The Morgan fingerprint density at radius 3 is 2.74 bits per heavy atom. The van der Waals surface area contributed by atoms with Gasteiger partial charge in [0.05, 0.1) is 18.3 Å². The summed E-state index contributed by atoms with van der Waals surface area (Å²) < 4.78 is 2.37. The molecular weight excluding hydrogens is 448 g/mol. The third-order valence-corrected chi connectivity index (χ3v) is 7.57. The first kappa shape index (κ1) is 25.9. The van der Waals surface area contributed by atoms with E-state index in [0.29, 0.717) is 13.0 Å². The van der Waals surface area contributed by atoms with Gasteiger partial charge in [-0.15, -0.1) is 11.3 Å². The SMILES string of the molecule is C=C(CC(CC)n1c(C)nc2c1CCN(C(C)=O)C2)N(C)CCC(NC(=O)CC)c1nccs1. The molecule has 0 aliphatic carbocycles. The second-order valence-corrected chi connectivity index (χ2v) is 9.93.